The molecule has 1 aliphatic rings. The number of aryl methyl sites for hydroxylation is 1. The molecule has 2 aromatic carbocycles. The first-order valence-electron chi connectivity index (χ1n) is 9.34. The van der Waals surface area contributed by atoms with Gasteiger partial charge in [-0.2, -0.15) is 4.31 Å². The predicted molar refractivity (Wildman–Crippen MR) is 109 cm³/mol. The van der Waals surface area contributed by atoms with Crippen molar-refractivity contribution in [2.45, 2.75) is 38.1 Å². The number of carbonyl (C=O) groups excluding carboxylic acids is 1. The summed E-state index contributed by atoms with van der Waals surface area (Å²) in [5.74, 6) is 0.0471. The molecule has 0 spiro atoms. The van der Waals surface area contributed by atoms with Gasteiger partial charge in [0.2, 0.25) is 15.9 Å². The molecular weight excluding hydrogens is 376 g/mol. The molecule has 6 nitrogen and oxygen atoms in total. The van der Waals surface area contributed by atoms with Crippen LogP contribution in [-0.2, 0) is 21.2 Å². The Morgan fingerprint density at radius 3 is 2.64 bits per heavy atom. The second-order valence-electron chi connectivity index (χ2n) is 7.03. The van der Waals surface area contributed by atoms with Crippen LogP contribution in [0.5, 0.6) is 5.75 Å². The summed E-state index contributed by atoms with van der Waals surface area (Å²) in [6.07, 6.45) is 0.770. The first-order chi connectivity index (χ1) is 13.3. The van der Waals surface area contributed by atoms with Crippen LogP contribution in [0.3, 0.4) is 0 Å². The molecule has 1 amide bonds. The third-order valence-electron chi connectivity index (χ3n) is 5.08. The van der Waals surface area contributed by atoms with E-state index in [4.69, 9.17) is 4.74 Å². The first-order valence-corrected chi connectivity index (χ1v) is 10.8. The number of fused-ring (bicyclic) bond motifs is 1. The van der Waals surface area contributed by atoms with Crippen molar-refractivity contribution >= 4 is 21.6 Å². The van der Waals surface area contributed by atoms with E-state index < -0.39 is 10.0 Å². The van der Waals surface area contributed by atoms with Gasteiger partial charge in [0.25, 0.3) is 0 Å². The van der Waals surface area contributed by atoms with Gasteiger partial charge in [-0.25, -0.2) is 8.42 Å². The van der Waals surface area contributed by atoms with Crippen molar-refractivity contribution in [3.05, 3.63) is 53.6 Å². The number of rotatable bonds is 6. The molecule has 0 saturated heterocycles. The molecule has 1 aliphatic heterocycles. The summed E-state index contributed by atoms with van der Waals surface area (Å²) in [4.78, 5) is 14.9. The Hall–Kier alpha value is -2.38. The molecule has 3 rings (SSSR count). The van der Waals surface area contributed by atoms with Gasteiger partial charge in [0, 0.05) is 18.3 Å². The van der Waals surface area contributed by atoms with E-state index in [-0.39, 0.29) is 35.7 Å². The van der Waals surface area contributed by atoms with E-state index in [1.54, 1.807) is 30.0 Å². The van der Waals surface area contributed by atoms with Crippen LogP contribution in [0.4, 0.5) is 5.69 Å². The number of nitrogens with zero attached hydrogens (tertiary/aromatic N) is 2. The summed E-state index contributed by atoms with van der Waals surface area (Å²) >= 11 is 0. The number of hydrogen-bond acceptors (Lipinski definition) is 4. The fourth-order valence-corrected chi connectivity index (χ4v) is 5.30. The molecule has 0 saturated carbocycles. The van der Waals surface area contributed by atoms with Gasteiger partial charge < -0.3 is 9.64 Å². The highest BCUT2D eigenvalue weighted by atomic mass is 32.2. The number of ether oxygens (including phenoxy) is 1. The molecule has 1 atom stereocenters. The third kappa shape index (κ3) is 3.64. The van der Waals surface area contributed by atoms with Crippen molar-refractivity contribution in [2.24, 2.45) is 0 Å². The van der Waals surface area contributed by atoms with Gasteiger partial charge in [-0.05, 0) is 49.6 Å². The highest BCUT2D eigenvalue weighted by Crippen LogP contribution is 2.33. The lowest BCUT2D eigenvalue weighted by atomic mass is 10.1. The van der Waals surface area contributed by atoms with Gasteiger partial charge in [-0.15, -0.1) is 0 Å². The van der Waals surface area contributed by atoms with Crippen molar-refractivity contribution < 1.29 is 17.9 Å². The molecule has 0 N–H and O–H groups in total. The van der Waals surface area contributed by atoms with E-state index >= 15 is 0 Å². The van der Waals surface area contributed by atoms with Gasteiger partial charge in [-0.3, -0.25) is 4.79 Å². The average molecular weight is 403 g/mol. The summed E-state index contributed by atoms with van der Waals surface area (Å²) in [6.45, 7) is 5.51. The Labute approximate surface area is 166 Å². The summed E-state index contributed by atoms with van der Waals surface area (Å²) in [5, 5.41) is 0. The van der Waals surface area contributed by atoms with E-state index in [0.717, 1.165) is 23.2 Å². The Morgan fingerprint density at radius 2 is 1.96 bits per heavy atom. The van der Waals surface area contributed by atoms with Crippen LogP contribution in [0, 0.1) is 6.92 Å². The smallest absolute Gasteiger partial charge is 0.247 e. The SMILES string of the molecule is CCN(CC(=O)N1c2ccccc2CC1C)S(=O)(=O)c1cc(C)ccc1OC. The lowest BCUT2D eigenvalue weighted by molar-refractivity contribution is -0.119. The molecule has 28 heavy (non-hydrogen) atoms. The van der Waals surface area contributed by atoms with Gasteiger partial charge >= 0.3 is 0 Å². The lowest BCUT2D eigenvalue weighted by Gasteiger charge is -2.27. The second kappa shape index (κ2) is 7.93. The number of methoxy groups -OCH3 is 1. The standard InChI is InChI=1S/C21H26N2O4S/c1-5-22(28(25,26)20-12-15(2)10-11-19(20)27-4)14-21(24)23-16(3)13-17-8-6-7-9-18(17)23/h6-12,16H,5,13-14H2,1-4H3. The quantitative estimate of drug-likeness (QED) is 0.745. The minimum atomic E-state index is -3.88. The van der Waals surface area contributed by atoms with E-state index in [1.807, 2.05) is 38.1 Å². The normalized spacial score (nSPS) is 16.3. The number of carbonyl (C=O) groups is 1. The molecule has 0 bridgehead atoms. The number of hydrogen-bond donors (Lipinski definition) is 0. The Balaban J connectivity index is 1.90. The van der Waals surface area contributed by atoms with Gasteiger partial charge in [0.15, 0.2) is 0 Å². The summed E-state index contributed by atoms with van der Waals surface area (Å²) in [7, 11) is -2.44. The zero-order chi connectivity index (χ0) is 20.5. The maximum absolute atomic E-state index is 13.2. The van der Waals surface area contributed by atoms with Crippen LogP contribution >= 0.6 is 0 Å². The molecule has 1 unspecified atom stereocenters. The van der Waals surface area contributed by atoms with Gasteiger partial charge in [0.1, 0.15) is 10.6 Å². The van der Waals surface area contributed by atoms with Crippen molar-refractivity contribution in [3.63, 3.8) is 0 Å². The molecule has 150 valence electrons. The zero-order valence-electron chi connectivity index (χ0n) is 16.7. The van der Waals surface area contributed by atoms with Crippen molar-refractivity contribution in [1.29, 1.82) is 0 Å². The highest BCUT2D eigenvalue weighted by Gasteiger charge is 2.34. The summed E-state index contributed by atoms with van der Waals surface area (Å²) in [5.41, 5.74) is 2.78. The number of para-hydroxylation sites is 1. The van der Waals surface area contributed by atoms with Crippen LogP contribution < -0.4 is 9.64 Å². The number of anilines is 1. The molecule has 1 heterocycles. The summed E-state index contributed by atoms with van der Waals surface area (Å²) < 4.78 is 33.0. The Kier molecular flexibility index (Phi) is 5.76. The van der Waals surface area contributed by atoms with Crippen LogP contribution in [0.25, 0.3) is 0 Å². The topological polar surface area (TPSA) is 66.9 Å². The maximum Gasteiger partial charge on any atom is 0.247 e. The number of sulfonamides is 1. The molecule has 0 fully saturated rings. The largest absolute Gasteiger partial charge is 0.495 e. The number of likely N-dealkylation sites (N-methyl/N-ethyl adjacent to an activating group) is 1. The molecule has 0 aliphatic carbocycles. The van der Waals surface area contributed by atoms with E-state index in [1.165, 1.54) is 11.4 Å². The maximum atomic E-state index is 13.2. The highest BCUT2D eigenvalue weighted by molar-refractivity contribution is 7.89. The molecule has 0 radical (unpaired) electrons. The minimum Gasteiger partial charge on any atom is -0.495 e. The fraction of sp³-hybridized carbons (Fsp3) is 0.381. The van der Waals surface area contributed by atoms with E-state index in [2.05, 4.69) is 0 Å². The van der Waals surface area contributed by atoms with Crippen LogP contribution in [0.1, 0.15) is 25.0 Å². The first kappa shape index (κ1) is 20.4. The lowest BCUT2D eigenvalue weighted by Crippen LogP contribution is -2.45. The molecule has 2 aromatic rings. The Morgan fingerprint density at radius 1 is 1.25 bits per heavy atom. The average Bonchev–Trinajstić information content (AvgIpc) is 3.01. The van der Waals surface area contributed by atoms with Gasteiger partial charge in [-0.1, -0.05) is 31.2 Å². The predicted octanol–water partition coefficient (Wildman–Crippen LogP) is 2.99. The minimum absolute atomic E-state index is 0.000170. The number of amides is 1. The second-order valence-corrected chi connectivity index (χ2v) is 8.94. The zero-order valence-corrected chi connectivity index (χ0v) is 17.5. The van der Waals surface area contributed by atoms with Gasteiger partial charge in [0.05, 0.1) is 13.7 Å². The molecule has 7 heteroatoms. The third-order valence-corrected chi connectivity index (χ3v) is 7.02. The van der Waals surface area contributed by atoms with Crippen molar-refractivity contribution in [1.82, 2.24) is 4.31 Å². The van der Waals surface area contributed by atoms with E-state index in [9.17, 15) is 13.2 Å². The molecule has 0 aromatic heterocycles. The monoisotopic (exact) mass is 402 g/mol. The van der Waals surface area contributed by atoms with Crippen molar-refractivity contribution in [2.75, 3.05) is 25.1 Å². The van der Waals surface area contributed by atoms with Crippen LogP contribution in [0.2, 0.25) is 0 Å². The van der Waals surface area contributed by atoms with Crippen LogP contribution in [0.15, 0.2) is 47.4 Å². The fourth-order valence-electron chi connectivity index (χ4n) is 3.66. The molecular formula is C21H26N2O4S. The van der Waals surface area contributed by atoms with Crippen molar-refractivity contribution in [3.8, 4) is 5.75 Å². The van der Waals surface area contributed by atoms with Crippen LogP contribution in [-0.4, -0.2) is 44.9 Å². The van der Waals surface area contributed by atoms with E-state index in [0.29, 0.717) is 0 Å². The Bertz CT molecular complexity index is 988. The number of benzene rings is 2. The summed E-state index contributed by atoms with van der Waals surface area (Å²) in [6, 6.07) is 12.8.